The first-order valence-corrected chi connectivity index (χ1v) is 8.67. The van der Waals surface area contributed by atoms with Gasteiger partial charge in [0, 0.05) is 18.6 Å². The molecule has 2 rings (SSSR count). The zero-order valence-electron chi connectivity index (χ0n) is 14.1. The van der Waals surface area contributed by atoms with Gasteiger partial charge in [0.1, 0.15) is 5.54 Å². The molecule has 0 radical (unpaired) electrons. The molecule has 1 saturated carbocycles. The summed E-state index contributed by atoms with van der Waals surface area (Å²) in [6, 6.07) is 3.82. The average Bonchev–Trinajstić information content (AvgIpc) is 2.52. The molecule has 21 heavy (non-hydrogen) atoms. The lowest BCUT2D eigenvalue weighted by Gasteiger charge is -2.45. The van der Waals surface area contributed by atoms with E-state index in [9.17, 15) is 5.26 Å². The quantitative estimate of drug-likeness (QED) is 0.844. The highest BCUT2D eigenvalue weighted by Crippen LogP contribution is 2.32. The van der Waals surface area contributed by atoms with Crippen molar-refractivity contribution >= 4 is 0 Å². The Morgan fingerprint density at radius 2 is 2.10 bits per heavy atom. The topological polar surface area (TPSA) is 42.3 Å². The van der Waals surface area contributed by atoms with E-state index in [4.69, 9.17) is 0 Å². The van der Waals surface area contributed by atoms with Gasteiger partial charge in [0.2, 0.25) is 0 Å². The molecule has 1 saturated heterocycles. The predicted octanol–water partition coefficient (Wildman–Crippen LogP) is 2.22. The molecule has 1 aliphatic carbocycles. The van der Waals surface area contributed by atoms with E-state index in [1.807, 2.05) is 0 Å². The van der Waals surface area contributed by atoms with Gasteiger partial charge in [-0.15, -0.1) is 0 Å². The Hall–Kier alpha value is -0.630. The van der Waals surface area contributed by atoms with E-state index < -0.39 is 0 Å². The highest BCUT2D eigenvalue weighted by Gasteiger charge is 2.39. The first-order chi connectivity index (χ1) is 10.1. The third kappa shape index (κ3) is 4.18. The van der Waals surface area contributed by atoms with Crippen molar-refractivity contribution in [1.29, 1.82) is 5.26 Å². The van der Waals surface area contributed by atoms with Crippen molar-refractivity contribution in [2.45, 2.75) is 69.5 Å². The Balaban J connectivity index is 1.97. The van der Waals surface area contributed by atoms with Crippen molar-refractivity contribution in [3.05, 3.63) is 0 Å². The van der Waals surface area contributed by atoms with Gasteiger partial charge in [0.15, 0.2) is 0 Å². The molecular formula is C17H32N4. The van der Waals surface area contributed by atoms with E-state index >= 15 is 0 Å². The Kier molecular flexibility index (Phi) is 6.04. The fraction of sp³-hybridized carbons (Fsp3) is 0.941. The highest BCUT2D eigenvalue weighted by molar-refractivity contribution is 5.11. The standard InChI is InChI=1S/C17H32N4/c1-4-10-19-17(14-18)9-5-7-15(12-17)21(3)16-8-6-11-20(2)13-16/h15-16,19H,4-13H2,1-3H3. The molecule has 120 valence electrons. The fourth-order valence-electron chi connectivity index (χ4n) is 4.03. The molecule has 1 aliphatic heterocycles. The normalized spacial score (nSPS) is 34.8. The largest absolute Gasteiger partial charge is 0.305 e. The summed E-state index contributed by atoms with van der Waals surface area (Å²) < 4.78 is 0. The summed E-state index contributed by atoms with van der Waals surface area (Å²) in [6.07, 6.45) is 8.11. The fourth-order valence-corrected chi connectivity index (χ4v) is 4.03. The van der Waals surface area contributed by atoms with Gasteiger partial charge < -0.3 is 4.90 Å². The zero-order chi connectivity index (χ0) is 15.3. The Bertz CT molecular complexity index is 364. The van der Waals surface area contributed by atoms with Crippen LogP contribution in [-0.4, -0.2) is 61.2 Å². The van der Waals surface area contributed by atoms with Crippen LogP contribution in [0.25, 0.3) is 0 Å². The predicted molar refractivity (Wildman–Crippen MR) is 87.2 cm³/mol. The van der Waals surface area contributed by atoms with Gasteiger partial charge >= 0.3 is 0 Å². The number of hydrogen-bond donors (Lipinski definition) is 1. The van der Waals surface area contributed by atoms with Gasteiger partial charge in [-0.1, -0.05) is 6.92 Å². The molecule has 4 heteroatoms. The van der Waals surface area contributed by atoms with Crippen molar-refractivity contribution in [3.8, 4) is 6.07 Å². The second-order valence-electron chi connectivity index (χ2n) is 7.09. The number of piperidine rings is 1. The van der Waals surface area contributed by atoms with Gasteiger partial charge in [-0.3, -0.25) is 10.2 Å². The number of nitrogens with zero attached hydrogens (tertiary/aromatic N) is 3. The second kappa shape index (κ2) is 7.58. The van der Waals surface area contributed by atoms with Crippen LogP contribution >= 0.6 is 0 Å². The molecule has 0 amide bonds. The molecule has 0 bridgehead atoms. The lowest BCUT2D eigenvalue weighted by atomic mass is 9.78. The van der Waals surface area contributed by atoms with Crippen LogP contribution in [0, 0.1) is 11.3 Å². The minimum absolute atomic E-state index is 0.284. The van der Waals surface area contributed by atoms with Crippen molar-refractivity contribution in [1.82, 2.24) is 15.1 Å². The van der Waals surface area contributed by atoms with Crippen molar-refractivity contribution in [2.24, 2.45) is 0 Å². The SMILES string of the molecule is CCCNC1(C#N)CCCC(N(C)C2CCCN(C)C2)C1. The number of nitrogens with one attached hydrogen (secondary N) is 1. The Labute approximate surface area is 130 Å². The molecule has 1 heterocycles. The summed E-state index contributed by atoms with van der Waals surface area (Å²) in [7, 11) is 4.50. The maximum Gasteiger partial charge on any atom is 0.108 e. The number of likely N-dealkylation sites (N-methyl/N-ethyl adjacent to an activating group) is 2. The van der Waals surface area contributed by atoms with Crippen LogP contribution in [0.15, 0.2) is 0 Å². The Morgan fingerprint density at radius 3 is 2.76 bits per heavy atom. The number of hydrogen-bond acceptors (Lipinski definition) is 4. The first kappa shape index (κ1) is 16.7. The lowest BCUT2D eigenvalue weighted by Crippen LogP contribution is -2.56. The summed E-state index contributed by atoms with van der Waals surface area (Å²) in [6.45, 7) is 5.53. The van der Waals surface area contributed by atoms with Crippen LogP contribution in [0.1, 0.15) is 51.9 Å². The second-order valence-corrected chi connectivity index (χ2v) is 7.09. The summed E-state index contributed by atoms with van der Waals surface area (Å²) >= 11 is 0. The molecule has 1 N–H and O–H groups in total. The van der Waals surface area contributed by atoms with Crippen LogP contribution in [0.4, 0.5) is 0 Å². The molecule has 4 nitrogen and oxygen atoms in total. The maximum absolute atomic E-state index is 9.68. The van der Waals surface area contributed by atoms with E-state index in [2.05, 4.69) is 42.2 Å². The van der Waals surface area contributed by atoms with E-state index in [1.54, 1.807) is 0 Å². The Morgan fingerprint density at radius 1 is 1.33 bits per heavy atom. The van der Waals surface area contributed by atoms with Crippen LogP contribution in [0.3, 0.4) is 0 Å². The number of rotatable bonds is 5. The lowest BCUT2D eigenvalue weighted by molar-refractivity contribution is 0.0649. The minimum atomic E-state index is -0.284. The molecule has 0 aromatic carbocycles. The van der Waals surface area contributed by atoms with Gasteiger partial charge in [0.25, 0.3) is 0 Å². The third-order valence-electron chi connectivity index (χ3n) is 5.40. The molecule has 2 aliphatic rings. The molecule has 2 fully saturated rings. The van der Waals surface area contributed by atoms with Crippen LogP contribution in [0.2, 0.25) is 0 Å². The van der Waals surface area contributed by atoms with Crippen molar-refractivity contribution in [3.63, 3.8) is 0 Å². The van der Waals surface area contributed by atoms with E-state index in [-0.39, 0.29) is 5.54 Å². The third-order valence-corrected chi connectivity index (χ3v) is 5.40. The summed E-state index contributed by atoms with van der Waals surface area (Å²) in [4.78, 5) is 5.02. The van der Waals surface area contributed by atoms with Gasteiger partial charge in [-0.05, 0) is 72.1 Å². The molecule has 0 spiro atoms. The van der Waals surface area contributed by atoms with Gasteiger partial charge in [-0.25, -0.2) is 0 Å². The van der Waals surface area contributed by atoms with Crippen LogP contribution in [0.5, 0.6) is 0 Å². The first-order valence-electron chi connectivity index (χ1n) is 8.67. The smallest absolute Gasteiger partial charge is 0.108 e. The van der Waals surface area contributed by atoms with E-state index in [0.717, 1.165) is 25.8 Å². The van der Waals surface area contributed by atoms with E-state index in [1.165, 1.54) is 38.8 Å². The average molecular weight is 292 g/mol. The molecular weight excluding hydrogens is 260 g/mol. The summed E-state index contributed by atoms with van der Waals surface area (Å²) in [5, 5.41) is 13.2. The molecule has 3 unspecified atom stereocenters. The summed E-state index contributed by atoms with van der Waals surface area (Å²) in [5.41, 5.74) is -0.284. The van der Waals surface area contributed by atoms with Crippen LogP contribution < -0.4 is 5.32 Å². The number of likely N-dealkylation sites (tertiary alicyclic amines) is 1. The summed E-state index contributed by atoms with van der Waals surface area (Å²) in [5.74, 6) is 0. The number of nitriles is 1. The monoisotopic (exact) mass is 292 g/mol. The van der Waals surface area contributed by atoms with E-state index in [0.29, 0.717) is 12.1 Å². The minimum Gasteiger partial charge on any atom is -0.305 e. The molecule has 0 aromatic heterocycles. The zero-order valence-corrected chi connectivity index (χ0v) is 14.1. The van der Waals surface area contributed by atoms with Crippen molar-refractivity contribution < 1.29 is 0 Å². The van der Waals surface area contributed by atoms with Gasteiger partial charge in [0.05, 0.1) is 6.07 Å². The van der Waals surface area contributed by atoms with Crippen molar-refractivity contribution in [2.75, 3.05) is 33.7 Å². The highest BCUT2D eigenvalue weighted by atomic mass is 15.2. The molecule has 3 atom stereocenters. The molecule has 0 aromatic rings. The maximum atomic E-state index is 9.68. The van der Waals surface area contributed by atoms with Gasteiger partial charge in [-0.2, -0.15) is 5.26 Å². The van der Waals surface area contributed by atoms with Crippen LogP contribution in [-0.2, 0) is 0 Å².